The molecule has 72 valence electrons. The number of nitrogens with zero attached hydrogens (tertiary/aromatic N) is 1. The van der Waals surface area contributed by atoms with E-state index in [0.29, 0.717) is 5.56 Å². The predicted octanol–water partition coefficient (Wildman–Crippen LogP) is 0.642. The van der Waals surface area contributed by atoms with E-state index in [9.17, 15) is 8.78 Å². The monoisotopic (exact) mass is 188 g/mol. The van der Waals surface area contributed by atoms with E-state index in [1.807, 2.05) is 0 Å². The van der Waals surface area contributed by atoms with Gasteiger partial charge in [0, 0.05) is 6.54 Å². The molecule has 0 fully saturated rings. The van der Waals surface area contributed by atoms with Gasteiger partial charge in [0.2, 0.25) is 0 Å². The lowest BCUT2D eigenvalue weighted by Gasteiger charge is -2.08. The summed E-state index contributed by atoms with van der Waals surface area (Å²) in [7, 11) is 0. The summed E-state index contributed by atoms with van der Waals surface area (Å²) < 4.78 is 24.4. The average molecular weight is 188 g/mol. The Bertz CT molecular complexity index is 314. The van der Waals surface area contributed by atoms with Crippen LogP contribution in [0.25, 0.3) is 0 Å². The maximum Gasteiger partial charge on any atom is 0.280 e. The molecule has 0 aliphatic carbocycles. The van der Waals surface area contributed by atoms with Crippen LogP contribution in [0.15, 0.2) is 6.07 Å². The topological polar surface area (TPSA) is 90.9 Å². The third-order valence-corrected chi connectivity index (χ3v) is 1.64. The second-order valence-corrected chi connectivity index (χ2v) is 2.51. The van der Waals surface area contributed by atoms with Gasteiger partial charge in [-0.05, 0) is 11.6 Å². The van der Waals surface area contributed by atoms with Crippen LogP contribution < -0.4 is 17.2 Å². The first-order valence-electron chi connectivity index (χ1n) is 3.59. The summed E-state index contributed by atoms with van der Waals surface area (Å²) in [4.78, 5) is 3.43. The van der Waals surface area contributed by atoms with E-state index in [-0.39, 0.29) is 18.1 Å². The number of hydrogen-bond donors (Lipinski definition) is 3. The van der Waals surface area contributed by atoms with Crippen LogP contribution in [0.4, 0.5) is 20.3 Å². The van der Waals surface area contributed by atoms with Crippen LogP contribution in [0, 0.1) is 0 Å². The summed E-state index contributed by atoms with van der Waals surface area (Å²) in [5.74, 6) is -0.0988. The summed E-state index contributed by atoms with van der Waals surface area (Å²) >= 11 is 0. The van der Waals surface area contributed by atoms with E-state index < -0.39 is 12.1 Å². The molecule has 0 aliphatic rings. The minimum Gasteiger partial charge on any atom is -0.395 e. The molecule has 6 N–H and O–H groups in total. The molecule has 0 unspecified atom stereocenters. The number of anilines is 2. The normalized spacial score (nSPS) is 10.8. The fourth-order valence-corrected chi connectivity index (χ4v) is 0.933. The van der Waals surface area contributed by atoms with Crippen molar-refractivity contribution in [3.8, 4) is 0 Å². The predicted molar refractivity (Wildman–Crippen MR) is 45.9 cm³/mol. The van der Waals surface area contributed by atoms with Gasteiger partial charge >= 0.3 is 0 Å². The minimum atomic E-state index is -2.66. The van der Waals surface area contributed by atoms with Crippen molar-refractivity contribution < 1.29 is 8.78 Å². The van der Waals surface area contributed by atoms with E-state index in [1.165, 1.54) is 0 Å². The van der Waals surface area contributed by atoms with Crippen LogP contribution >= 0.6 is 0 Å². The molecule has 4 nitrogen and oxygen atoms in total. The minimum absolute atomic E-state index is 0.0677. The highest BCUT2D eigenvalue weighted by Gasteiger charge is 2.13. The molecule has 0 atom stereocenters. The molecule has 0 bridgehead atoms. The lowest BCUT2D eigenvalue weighted by Crippen LogP contribution is -2.08. The Kier molecular flexibility index (Phi) is 2.62. The number of aromatic nitrogens is 1. The standard InChI is InChI=1S/C7H10F2N4/c8-6(9)4-1-3(2-10)5(11)7(12)13-4/h1,6H,2,10-11H2,(H2,12,13). The lowest BCUT2D eigenvalue weighted by molar-refractivity contribution is 0.146. The summed E-state index contributed by atoms with van der Waals surface area (Å²) in [5, 5.41) is 0. The number of rotatable bonds is 2. The summed E-state index contributed by atoms with van der Waals surface area (Å²) in [5.41, 5.74) is 16.2. The van der Waals surface area contributed by atoms with Crippen molar-refractivity contribution in [3.63, 3.8) is 0 Å². The zero-order valence-corrected chi connectivity index (χ0v) is 6.80. The Balaban J connectivity index is 3.22. The van der Waals surface area contributed by atoms with Gasteiger partial charge < -0.3 is 17.2 Å². The third-order valence-electron chi connectivity index (χ3n) is 1.64. The van der Waals surface area contributed by atoms with E-state index in [0.717, 1.165) is 6.07 Å². The van der Waals surface area contributed by atoms with Gasteiger partial charge in [-0.15, -0.1) is 0 Å². The molecule has 0 amide bonds. The number of alkyl halides is 2. The number of hydrogen-bond acceptors (Lipinski definition) is 4. The van der Waals surface area contributed by atoms with Crippen LogP contribution in [0.3, 0.4) is 0 Å². The molecule has 0 saturated heterocycles. The first-order chi connectivity index (χ1) is 6.06. The van der Waals surface area contributed by atoms with Crippen molar-refractivity contribution >= 4 is 11.5 Å². The summed E-state index contributed by atoms with van der Waals surface area (Å²) in [6, 6.07) is 1.16. The quantitative estimate of drug-likeness (QED) is 0.635. The van der Waals surface area contributed by atoms with Crippen LogP contribution in [-0.2, 0) is 6.54 Å². The Hall–Kier alpha value is -1.43. The van der Waals surface area contributed by atoms with E-state index >= 15 is 0 Å². The van der Waals surface area contributed by atoms with Gasteiger partial charge in [-0.3, -0.25) is 0 Å². The molecule has 0 aromatic carbocycles. The second kappa shape index (κ2) is 3.53. The Labute approximate surface area is 73.7 Å². The van der Waals surface area contributed by atoms with Crippen molar-refractivity contribution in [1.82, 2.24) is 4.98 Å². The highest BCUT2D eigenvalue weighted by molar-refractivity contribution is 5.63. The highest BCUT2D eigenvalue weighted by Crippen LogP contribution is 2.24. The smallest absolute Gasteiger partial charge is 0.280 e. The molecule has 1 aromatic rings. The first kappa shape index (κ1) is 9.66. The summed E-state index contributed by atoms with van der Waals surface area (Å²) in [6.07, 6.45) is -2.66. The van der Waals surface area contributed by atoms with Gasteiger partial charge in [-0.1, -0.05) is 0 Å². The van der Waals surface area contributed by atoms with Crippen LogP contribution in [0.1, 0.15) is 17.7 Å². The van der Waals surface area contributed by atoms with Crippen molar-refractivity contribution in [3.05, 3.63) is 17.3 Å². The molecule has 0 radical (unpaired) electrons. The molecule has 13 heavy (non-hydrogen) atoms. The first-order valence-corrected chi connectivity index (χ1v) is 3.59. The second-order valence-electron chi connectivity index (χ2n) is 2.51. The number of pyridine rings is 1. The molecule has 0 spiro atoms. The molecule has 6 heteroatoms. The Morgan fingerprint density at radius 3 is 2.46 bits per heavy atom. The van der Waals surface area contributed by atoms with Crippen molar-refractivity contribution in [2.45, 2.75) is 13.0 Å². The molecular weight excluding hydrogens is 178 g/mol. The molecular formula is C7H10F2N4. The average Bonchev–Trinajstić information content (AvgIpc) is 2.09. The van der Waals surface area contributed by atoms with Gasteiger partial charge in [-0.2, -0.15) is 0 Å². The van der Waals surface area contributed by atoms with Crippen LogP contribution in [0.5, 0.6) is 0 Å². The molecule has 0 saturated carbocycles. The largest absolute Gasteiger partial charge is 0.395 e. The van der Waals surface area contributed by atoms with E-state index in [2.05, 4.69) is 4.98 Å². The van der Waals surface area contributed by atoms with Crippen molar-refractivity contribution in [2.24, 2.45) is 5.73 Å². The van der Waals surface area contributed by atoms with Gasteiger partial charge in [0.1, 0.15) is 11.5 Å². The number of halogens is 2. The molecule has 1 heterocycles. The van der Waals surface area contributed by atoms with Gasteiger partial charge in [0.15, 0.2) is 0 Å². The van der Waals surface area contributed by atoms with Crippen LogP contribution in [0.2, 0.25) is 0 Å². The van der Waals surface area contributed by atoms with Crippen molar-refractivity contribution in [2.75, 3.05) is 11.5 Å². The summed E-state index contributed by atoms with van der Waals surface area (Å²) in [6.45, 7) is 0.0677. The maximum atomic E-state index is 12.2. The third kappa shape index (κ3) is 1.83. The van der Waals surface area contributed by atoms with Crippen molar-refractivity contribution in [1.29, 1.82) is 0 Å². The fourth-order valence-electron chi connectivity index (χ4n) is 0.933. The molecule has 1 aromatic heterocycles. The number of nitrogens with two attached hydrogens (primary N) is 3. The van der Waals surface area contributed by atoms with Gasteiger partial charge in [0.25, 0.3) is 6.43 Å². The Morgan fingerprint density at radius 1 is 1.38 bits per heavy atom. The highest BCUT2D eigenvalue weighted by atomic mass is 19.3. The van der Waals surface area contributed by atoms with E-state index in [4.69, 9.17) is 17.2 Å². The zero-order valence-electron chi connectivity index (χ0n) is 6.80. The SMILES string of the molecule is NCc1cc(C(F)F)nc(N)c1N. The maximum absolute atomic E-state index is 12.2. The molecule has 1 rings (SSSR count). The lowest BCUT2D eigenvalue weighted by atomic mass is 10.2. The van der Waals surface area contributed by atoms with Crippen LogP contribution in [-0.4, -0.2) is 4.98 Å². The fraction of sp³-hybridized carbons (Fsp3) is 0.286. The van der Waals surface area contributed by atoms with Gasteiger partial charge in [0.05, 0.1) is 5.69 Å². The number of nitrogen functional groups attached to an aromatic ring is 2. The van der Waals surface area contributed by atoms with E-state index in [1.54, 1.807) is 0 Å². The molecule has 0 aliphatic heterocycles. The van der Waals surface area contributed by atoms with Gasteiger partial charge in [-0.25, -0.2) is 13.8 Å². The zero-order chi connectivity index (χ0) is 10.0. The Morgan fingerprint density at radius 2 is 2.00 bits per heavy atom.